The van der Waals surface area contributed by atoms with Crippen LogP contribution in [0.5, 0.6) is 0 Å². The molecule has 0 spiro atoms. The van der Waals surface area contributed by atoms with Gasteiger partial charge in [0.2, 0.25) is 0 Å². The molecule has 0 radical (unpaired) electrons. The monoisotopic (exact) mass is 624 g/mol. The molecule has 0 aromatic rings. The highest BCUT2D eigenvalue weighted by molar-refractivity contribution is 7.10. The Balaban J connectivity index is 4.08. The lowest BCUT2D eigenvalue weighted by Gasteiger charge is -2.41. The zero-order valence-electron chi connectivity index (χ0n) is 30.1. The molecule has 0 aromatic carbocycles. The molecule has 0 aliphatic heterocycles. The molecule has 1 unspecified atom stereocenters. The van der Waals surface area contributed by atoms with Crippen LogP contribution in [0.3, 0.4) is 0 Å². The zero-order valence-corrected chi connectivity index (χ0v) is 31.1. The second kappa shape index (κ2) is 30.4. The first-order valence-corrected chi connectivity index (χ1v) is 19.6. The normalized spacial score (nSPS) is 13.6. The molecule has 3 nitrogen and oxygen atoms in total. The molecular formula is C39H78NO2P. The highest BCUT2D eigenvalue weighted by atomic mass is 31.0. The molecule has 0 aromatic heterocycles. The van der Waals surface area contributed by atoms with Gasteiger partial charge >= 0.3 is 0 Å². The van der Waals surface area contributed by atoms with Crippen LogP contribution in [0, 0.1) is 0 Å². The fourth-order valence-electron chi connectivity index (χ4n) is 6.40. The van der Waals surface area contributed by atoms with Gasteiger partial charge in [-0.15, -0.1) is 0 Å². The Kier molecular flexibility index (Phi) is 30.2. The van der Waals surface area contributed by atoms with Gasteiger partial charge in [0.25, 0.3) is 0 Å². The number of hydrogen-bond donors (Lipinski definition) is 0. The van der Waals surface area contributed by atoms with Gasteiger partial charge in [-0.05, 0) is 44.9 Å². The van der Waals surface area contributed by atoms with Gasteiger partial charge in [0.15, 0.2) is 5.78 Å². The number of carbonyl (C=O) groups is 1. The van der Waals surface area contributed by atoms with E-state index in [9.17, 15) is 4.79 Å². The number of quaternary nitrogens is 1. The van der Waals surface area contributed by atoms with Gasteiger partial charge in [-0.2, -0.15) is 0 Å². The number of unbranched alkanes of at least 4 members (excludes halogenated alkanes) is 24. The lowest BCUT2D eigenvalue weighted by atomic mass is 9.87. The first-order valence-electron chi connectivity index (χ1n) is 19.1. The summed E-state index contributed by atoms with van der Waals surface area (Å²) in [7, 11) is 9.88. The van der Waals surface area contributed by atoms with Gasteiger partial charge in [0.05, 0.1) is 21.1 Å². The van der Waals surface area contributed by atoms with Crippen LogP contribution in [0.15, 0.2) is 12.2 Å². The van der Waals surface area contributed by atoms with Crippen molar-refractivity contribution in [1.82, 2.24) is 0 Å². The van der Waals surface area contributed by atoms with Gasteiger partial charge in [0, 0.05) is 6.42 Å². The summed E-state index contributed by atoms with van der Waals surface area (Å²) < 4.78 is 6.63. The Hall–Kier alpha value is -0.240. The fraction of sp³-hybridized carbons (Fsp3) is 0.923. The molecule has 256 valence electrons. The van der Waals surface area contributed by atoms with Crippen LogP contribution in [0.4, 0.5) is 0 Å². The van der Waals surface area contributed by atoms with Crippen molar-refractivity contribution in [2.75, 3.05) is 27.7 Å². The van der Waals surface area contributed by atoms with Gasteiger partial charge in [-0.3, -0.25) is 4.79 Å². The van der Waals surface area contributed by atoms with Crippen molar-refractivity contribution in [1.29, 1.82) is 0 Å². The standard InChI is InChI=1S/C39H78NO2P/c1-6-8-10-12-14-16-18-20-21-22-24-26-28-30-32-34-36-39(42-43,37-40(3,4)5)38(41)35-33-31-29-27-25-23-19-17-15-13-11-9-7-2/h20-21,43H,6-19,22-37H2,1-5H3. The zero-order chi connectivity index (χ0) is 31.9. The van der Waals surface area contributed by atoms with Crippen molar-refractivity contribution < 1.29 is 13.8 Å². The average molecular weight is 624 g/mol. The van der Waals surface area contributed by atoms with Crippen LogP contribution >= 0.6 is 9.47 Å². The summed E-state index contributed by atoms with van der Waals surface area (Å²) in [6, 6.07) is 0. The minimum atomic E-state index is -0.701. The van der Waals surface area contributed by atoms with E-state index >= 15 is 0 Å². The van der Waals surface area contributed by atoms with E-state index in [1.165, 1.54) is 161 Å². The predicted octanol–water partition coefficient (Wildman–Crippen LogP) is 13.0. The van der Waals surface area contributed by atoms with Crippen molar-refractivity contribution >= 4 is 15.2 Å². The first kappa shape index (κ1) is 42.8. The van der Waals surface area contributed by atoms with Gasteiger partial charge in [-0.25, -0.2) is 0 Å². The number of likely N-dealkylation sites (N-methyl/N-ethyl adjacent to an activating group) is 1. The Labute approximate surface area is 274 Å². The molecule has 0 rings (SSSR count). The third-order valence-corrected chi connectivity index (χ3v) is 9.42. The van der Waals surface area contributed by atoms with Crippen LogP contribution in [-0.4, -0.2) is 43.6 Å². The van der Waals surface area contributed by atoms with Crippen molar-refractivity contribution in [3.63, 3.8) is 0 Å². The van der Waals surface area contributed by atoms with Crippen LogP contribution in [0.2, 0.25) is 0 Å². The molecular weight excluding hydrogens is 545 g/mol. The predicted molar refractivity (Wildman–Crippen MR) is 194 cm³/mol. The maximum atomic E-state index is 13.5. The first-order chi connectivity index (χ1) is 20.8. The van der Waals surface area contributed by atoms with Crippen LogP contribution in [0.1, 0.15) is 200 Å². The summed E-state index contributed by atoms with van der Waals surface area (Å²) in [6.07, 6.45) is 41.8. The van der Waals surface area contributed by atoms with Gasteiger partial charge < -0.3 is 18.5 Å². The fourth-order valence-corrected chi connectivity index (χ4v) is 6.68. The van der Waals surface area contributed by atoms with Crippen LogP contribution in [-0.2, 0) is 9.32 Å². The topological polar surface area (TPSA) is 26.3 Å². The van der Waals surface area contributed by atoms with Crippen molar-refractivity contribution in [2.24, 2.45) is 0 Å². The second-order valence-corrected chi connectivity index (χ2v) is 14.9. The third kappa shape index (κ3) is 27.8. The Bertz CT molecular complexity index is 629. The summed E-state index contributed by atoms with van der Waals surface area (Å²) in [5.41, 5.74) is -0.701. The number of allylic oxidation sites excluding steroid dienone is 2. The van der Waals surface area contributed by atoms with Crippen LogP contribution in [0.25, 0.3) is 0 Å². The summed E-state index contributed by atoms with van der Waals surface area (Å²) in [5, 5.41) is 0. The quantitative estimate of drug-likeness (QED) is 0.0308. The largest absolute Gasteiger partial charge is 0.547 e. The lowest BCUT2D eigenvalue weighted by molar-refractivity contribution is -0.875. The summed E-state index contributed by atoms with van der Waals surface area (Å²) >= 11 is 0. The van der Waals surface area contributed by atoms with E-state index in [1.54, 1.807) is 0 Å². The molecule has 0 fully saturated rings. The molecule has 0 aliphatic carbocycles. The van der Waals surface area contributed by atoms with Crippen molar-refractivity contribution in [3.8, 4) is 0 Å². The van der Waals surface area contributed by atoms with Crippen LogP contribution < -0.4 is 0 Å². The van der Waals surface area contributed by atoms with E-state index in [2.05, 4.69) is 56.6 Å². The van der Waals surface area contributed by atoms with Crippen molar-refractivity contribution in [2.45, 2.75) is 206 Å². The van der Waals surface area contributed by atoms with E-state index in [0.717, 1.165) is 30.3 Å². The van der Waals surface area contributed by atoms with E-state index < -0.39 is 5.60 Å². The van der Waals surface area contributed by atoms with Gasteiger partial charge in [0.1, 0.15) is 12.1 Å². The highest BCUT2D eigenvalue weighted by Crippen LogP contribution is 2.29. The molecule has 0 amide bonds. The molecule has 0 aliphatic rings. The second-order valence-electron chi connectivity index (χ2n) is 14.6. The maximum absolute atomic E-state index is 13.5. The summed E-state index contributed by atoms with van der Waals surface area (Å²) in [6.45, 7) is 5.29. The number of Topliss-reactive ketones (excluding diaryl/α,β-unsaturated/α-hetero) is 1. The molecule has 4 heteroatoms. The van der Waals surface area contributed by atoms with E-state index in [4.69, 9.17) is 4.52 Å². The molecule has 43 heavy (non-hydrogen) atoms. The highest BCUT2D eigenvalue weighted by Gasteiger charge is 2.39. The van der Waals surface area contributed by atoms with Gasteiger partial charge in [-0.1, -0.05) is 161 Å². The number of carbonyl (C=O) groups excluding carboxylic acids is 1. The molecule has 1 atom stereocenters. The number of hydrogen-bond acceptors (Lipinski definition) is 2. The molecule has 0 heterocycles. The van der Waals surface area contributed by atoms with E-state index in [-0.39, 0.29) is 0 Å². The lowest BCUT2D eigenvalue weighted by Crippen LogP contribution is -2.54. The Morgan fingerprint density at radius 2 is 0.907 bits per heavy atom. The van der Waals surface area contributed by atoms with Crippen molar-refractivity contribution in [3.05, 3.63) is 12.2 Å². The minimum absolute atomic E-state index is 0.298. The summed E-state index contributed by atoms with van der Waals surface area (Å²) in [4.78, 5) is 13.5. The number of ketones is 1. The number of rotatable bonds is 34. The van der Waals surface area contributed by atoms with E-state index in [1.807, 2.05) is 0 Å². The smallest absolute Gasteiger partial charge is 0.167 e. The Morgan fingerprint density at radius 3 is 1.28 bits per heavy atom. The Morgan fingerprint density at radius 1 is 0.558 bits per heavy atom. The third-order valence-electron chi connectivity index (χ3n) is 9.03. The minimum Gasteiger partial charge on any atom is -0.547 e. The molecule has 0 N–H and O–H groups in total. The molecule has 0 saturated heterocycles. The van der Waals surface area contributed by atoms with E-state index in [0.29, 0.717) is 12.2 Å². The summed E-state index contributed by atoms with van der Waals surface area (Å²) in [5.74, 6) is 0.298. The molecule has 0 bridgehead atoms. The average Bonchev–Trinajstić information content (AvgIpc) is 2.97. The molecule has 0 saturated carbocycles. The maximum Gasteiger partial charge on any atom is 0.167 e. The SMILES string of the molecule is CCCCCCCCC=CCCCCCCCCC(C[N+](C)(C)C)(O[PH-])C(=O)CCCCCCCCCCCCCCC. The number of nitrogens with zero attached hydrogens (tertiary/aromatic N) is 1.